The van der Waals surface area contributed by atoms with Crippen LogP contribution < -0.4 is 4.90 Å². The number of nitrogens with zero attached hydrogens (tertiary/aromatic N) is 3. The average molecular weight is 666 g/mol. The number of aromatic nitrogens is 2. The van der Waals surface area contributed by atoms with Crippen LogP contribution in [0.3, 0.4) is 0 Å². The highest BCUT2D eigenvalue weighted by Crippen LogP contribution is 2.45. The summed E-state index contributed by atoms with van der Waals surface area (Å²) in [4.78, 5) is 2.29. The second-order valence-electron chi connectivity index (χ2n) is 13.3. The van der Waals surface area contributed by atoms with Crippen LogP contribution in [0.15, 0.2) is 192 Å². The smallest absolute Gasteiger partial charge is 0.145 e. The van der Waals surface area contributed by atoms with Gasteiger partial charge in [0.15, 0.2) is 0 Å². The Morgan fingerprint density at radius 2 is 0.712 bits per heavy atom. The van der Waals surface area contributed by atoms with E-state index in [0.717, 1.165) is 77.7 Å². The van der Waals surface area contributed by atoms with Crippen molar-refractivity contribution < 1.29 is 4.42 Å². The molecule has 0 spiro atoms. The summed E-state index contributed by atoms with van der Waals surface area (Å²) in [6.07, 6.45) is 0. The van der Waals surface area contributed by atoms with Crippen molar-refractivity contribution in [1.29, 1.82) is 0 Å². The molecule has 0 fully saturated rings. The van der Waals surface area contributed by atoms with E-state index in [2.05, 4.69) is 202 Å². The lowest BCUT2D eigenvalue weighted by molar-refractivity contribution is 0.677. The van der Waals surface area contributed by atoms with Gasteiger partial charge in [0.2, 0.25) is 0 Å². The standard InChI is InChI=1S/C48H31N3O/c1-4-14-32(15-5-1)49(33-16-6-2-7-17-33)35-24-26-36(27-25-35)51-42-23-13-11-21-40(42)46-44(51)31-29-38-37-28-30-43-45(47(37)52-48(38)46)39-20-10-12-22-41(39)50(43)34-18-8-3-9-19-34/h1-31H. The first-order valence-electron chi connectivity index (χ1n) is 17.7. The Bertz CT molecular complexity index is 3060. The number of fused-ring (bicyclic) bond motifs is 11. The molecule has 3 aromatic heterocycles. The second-order valence-corrected chi connectivity index (χ2v) is 13.3. The van der Waals surface area contributed by atoms with E-state index in [9.17, 15) is 0 Å². The van der Waals surface area contributed by atoms with E-state index in [0.29, 0.717) is 0 Å². The molecule has 0 atom stereocenters. The number of benzene rings is 8. The molecule has 4 heteroatoms. The van der Waals surface area contributed by atoms with E-state index in [4.69, 9.17) is 4.42 Å². The maximum Gasteiger partial charge on any atom is 0.145 e. The molecule has 244 valence electrons. The Balaban J connectivity index is 1.13. The fourth-order valence-electron chi connectivity index (χ4n) is 8.28. The van der Waals surface area contributed by atoms with Crippen LogP contribution in [0, 0.1) is 0 Å². The van der Waals surface area contributed by atoms with Gasteiger partial charge in [0.05, 0.1) is 32.8 Å². The predicted octanol–water partition coefficient (Wildman–Crippen LogP) is 13.2. The van der Waals surface area contributed by atoms with E-state index in [1.807, 2.05) is 0 Å². The molecule has 0 saturated carbocycles. The molecule has 0 aliphatic heterocycles. The third-order valence-corrected chi connectivity index (χ3v) is 10.5. The maximum absolute atomic E-state index is 7.11. The molecule has 0 unspecified atom stereocenters. The zero-order valence-electron chi connectivity index (χ0n) is 28.1. The van der Waals surface area contributed by atoms with Crippen molar-refractivity contribution in [3.63, 3.8) is 0 Å². The molecule has 3 heterocycles. The second kappa shape index (κ2) is 11.2. The Morgan fingerprint density at radius 1 is 0.308 bits per heavy atom. The average Bonchev–Trinajstić information content (AvgIpc) is 3.87. The highest BCUT2D eigenvalue weighted by Gasteiger charge is 2.22. The van der Waals surface area contributed by atoms with Gasteiger partial charge in [0.1, 0.15) is 11.2 Å². The van der Waals surface area contributed by atoms with Crippen LogP contribution in [0.4, 0.5) is 17.1 Å². The van der Waals surface area contributed by atoms with Crippen molar-refractivity contribution in [2.24, 2.45) is 0 Å². The van der Waals surface area contributed by atoms with Crippen LogP contribution in [0.5, 0.6) is 0 Å². The van der Waals surface area contributed by atoms with Crippen molar-refractivity contribution >= 4 is 82.6 Å². The summed E-state index contributed by atoms with van der Waals surface area (Å²) in [5.74, 6) is 0. The number of furan rings is 1. The first-order valence-corrected chi connectivity index (χ1v) is 17.7. The van der Waals surface area contributed by atoms with E-state index in [1.54, 1.807) is 0 Å². The lowest BCUT2D eigenvalue weighted by atomic mass is 10.1. The molecule has 0 aliphatic carbocycles. The number of hydrogen-bond donors (Lipinski definition) is 0. The van der Waals surface area contributed by atoms with Gasteiger partial charge in [-0.05, 0) is 97.1 Å². The highest BCUT2D eigenvalue weighted by molar-refractivity contribution is 6.29. The third kappa shape index (κ3) is 4.15. The minimum Gasteiger partial charge on any atom is -0.455 e. The molecule has 0 aliphatic rings. The first-order chi connectivity index (χ1) is 25.8. The minimum atomic E-state index is 0.919. The maximum atomic E-state index is 7.11. The third-order valence-electron chi connectivity index (χ3n) is 10.5. The van der Waals surface area contributed by atoms with Crippen molar-refractivity contribution in [2.45, 2.75) is 0 Å². The molecule has 0 saturated heterocycles. The van der Waals surface area contributed by atoms with Gasteiger partial charge >= 0.3 is 0 Å². The number of hydrogen-bond acceptors (Lipinski definition) is 2. The molecular formula is C48H31N3O. The predicted molar refractivity (Wildman–Crippen MR) is 217 cm³/mol. The molecule has 52 heavy (non-hydrogen) atoms. The van der Waals surface area contributed by atoms with E-state index < -0.39 is 0 Å². The summed E-state index contributed by atoms with van der Waals surface area (Å²) in [5, 5.41) is 6.88. The van der Waals surface area contributed by atoms with Crippen molar-refractivity contribution in [3.05, 3.63) is 188 Å². The largest absolute Gasteiger partial charge is 0.455 e. The molecule has 0 N–H and O–H groups in total. The van der Waals surface area contributed by atoms with Gasteiger partial charge < -0.3 is 18.5 Å². The van der Waals surface area contributed by atoms with Gasteiger partial charge in [0, 0.05) is 50.0 Å². The van der Waals surface area contributed by atoms with Crippen molar-refractivity contribution in [1.82, 2.24) is 9.13 Å². The van der Waals surface area contributed by atoms with E-state index in [1.165, 1.54) is 16.3 Å². The fourth-order valence-corrected chi connectivity index (χ4v) is 8.28. The number of para-hydroxylation sites is 5. The van der Waals surface area contributed by atoms with Gasteiger partial charge in [-0.2, -0.15) is 0 Å². The first kappa shape index (κ1) is 28.8. The summed E-state index contributed by atoms with van der Waals surface area (Å²) in [6, 6.07) is 66.9. The molecule has 11 rings (SSSR count). The monoisotopic (exact) mass is 665 g/mol. The van der Waals surface area contributed by atoms with Crippen LogP contribution in [0.1, 0.15) is 0 Å². The topological polar surface area (TPSA) is 26.2 Å². The van der Waals surface area contributed by atoms with Crippen LogP contribution in [-0.4, -0.2) is 9.13 Å². The molecule has 0 radical (unpaired) electrons. The summed E-state index contributed by atoms with van der Waals surface area (Å²) < 4.78 is 11.8. The van der Waals surface area contributed by atoms with Crippen molar-refractivity contribution in [2.75, 3.05) is 4.90 Å². The van der Waals surface area contributed by atoms with Gasteiger partial charge in [-0.3, -0.25) is 0 Å². The zero-order valence-corrected chi connectivity index (χ0v) is 28.1. The molecule has 8 aromatic carbocycles. The van der Waals surface area contributed by atoms with E-state index in [-0.39, 0.29) is 0 Å². The molecule has 0 amide bonds. The van der Waals surface area contributed by atoms with Crippen LogP contribution >= 0.6 is 0 Å². The number of rotatable bonds is 5. The molecular weight excluding hydrogens is 635 g/mol. The van der Waals surface area contributed by atoms with Crippen LogP contribution in [-0.2, 0) is 0 Å². The molecule has 0 bridgehead atoms. The van der Waals surface area contributed by atoms with Crippen molar-refractivity contribution in [3.8, 4) is 11.4 Å². The van der Waals surface area contributed by atoms with Gasteiger partial charge in [0.25, 0.3) is 0 Å². The van der Waals surface area contributed by atoms with Gasteiger partial charge in [-0.15, -0.1) is 0 Å². The lowest BCUT2D eigenvalue weighted by Crippen LogP contribution is -2.09. The Labute approximate surface area is 299 Å². The summed E-state index contributed by atoms with van der Waals surface area (Å²) in [7, 11) is 0. The molecule has 4 nitrogen and oxygen atoms in total. The molecule has 11 aromatic rings. The minimum absolute atomic E-state index is 0.919. The summed E-state index contributed by atoms with van der Waals surface area (Å²) in [6.45, 7) is 0. The normalized spacial score (nSPS) is 11.8. The lowest BCUT2D eigenvalue weighted by Gasteiger charge is -2.25. The Morgan fingerprint density at radius 3 is 1.21 bits per heavy atom. The fraction of sp³-hybridized carbons (Fsp3) is 0. The SMILES string of the molecule is c1ccc(N(c2ccccc2)c2ccc(-n3c4ccccc4c4c5oc6c(ccc7c6c6ccccc6n7-c6ccccc6)c5ccc43)cc2)cc1. The quantitative estimate of drug-likeness (QED) is 0.183. The van der Waals surface area contributed by atoms with Crippen LogP contribution in [0.25, 0.3) is 76.9 Å². The Kier molecular flexibility index (Phi) is 6.22. The zero-order chi connectivity index (χ0) is 34.2. The summed E-state index contributed by atoms with van der Waals surface area (Å²) in [5.41, 5.74) is 12.0. The number of anilines is 3. The summed E-state index contributed by atoms with van der Waals surface area (Å²) >= 11 is 0. The van der Waals surface area contributed by atoms with E-state index >= 15 is 0 Å². The van der Waals surface area contributed by atoms with Gasteiger partial charge in [-0.1, -0.05) is 91.0 Å². The van der Waals surface area contributed by atoms with Crippen LogP contribution in [0.2, 0.25) is 0 Å². The highest BCUT2D eigenvalue weighted by atomic mass is 16.3. The van der Waals surface area contributed by atoms with Gasteiger partial charge in [-0.25, -0.2) is 0 Å². The Hall–Kier alpha value is -7.04.